The van der Waals surface area contributed by atoms with Crippen LogP contribution in [0.25, 0.3) is 0 Å². The maximum atomic E-state index is 9.79. The Labute approximate surface area is 47.0 Å². The van der Waals surface area contributed by atoms with Gasteiger partial charge in [-0.15, -0.1) is 0 Å². The molecule has 0 radical (unpaired) electrons. The molecule has 0 bridgehead atoms. The Hall–Kier alpha value is -0.180. The largest absolute Gasteiger partial charge is 0.376 e. The Morgan fingerprint density at radius 3 is 1.88 bits per heavy atom. The summed E-state index contributed by atoms with van der Waals surface area (Å²) in [6.45, 7) is 1.37. The molecule has 8 heavy (non-hydrogen) atoms. The van der Waals surface area contributed by atoms with Crippen LogP contribution in [0.1, 0.15) is 13.3 Å². The van der Waals surface area contributed by atoms with Gasteiger partial charge < -0.3 is 10.2 Å². The van der Waals surface area contributed by atoms with Gasteiger partial charge >= 0.3 is 7.68 Å². The molecule has 0 fully saturated rings. The van der Waals surface area contributed by atoms with Gasteiger partial charge in [0.25, 0.3) is 5.53 Å². The lowest BCUT2D eigenvalue weighted by atomic mass is 10.5. The van der Waals surface area contributed by atoms with Crippen molar-refractivity contribution in [3.8, 4) is 0 Å². The van der Waals surface area contributed by atoms with Gasteiger partial charge in [-0.25, -0.2) is 9.13 Å². The smallest absolute Gasteiger partial charge is 0.354 e. The molecule has 0 amide bonds. The molecule has 0 spiro atoms. The highest BCUT2D eigenvalue weighted by Crippen LogP contribution is 2.25. The van der Waals surface area contributed by atoms with Crippen molar-refractivity contribution in [3.05, 3.63) is 0 Å². The average molecular weight is 138 g/mol. The topological polar surface area (TPSA) is 74.6 Å². The van der Waals surface area contributed by atoms with E-state index in [9.17, 15) is 9.13 Å². The standard InChI is InChI=1S/C3H7O4P/c1-2-3(4,5)8(6)7/h4-5H,2H2,1H3. The Morgan fingerprint density at radius 1 is 1.50 bits per heavy atom. The first kappa shape index (κ1) is 7.82. The first-order valence-electron chi connectivity index (χ1n) is 2.10. The molecule has 5 heteroatoms. The fourth-order valence-corrected chi connectivity index (χ4v) is 0.387. The Bertz CT molecular complexity index is 128. The van der Waals surface area contributed by atoms with E-state index < -0.39 is 13.2 Å². The van der Waals surface area contributed by atoms with Gasteiger partial charge in [0.1, 0.15) is 0 Å². The maximum absolute atomic E-state index is 9.79. The highest BCUT2D eigenvalue weighted by atomic mass is 31.1. The van der Waals surface area contributed by atoms with Gasteiger partial charge in [-0.05, 0) is 0 Å². The highest BCUT2D eigenvalue weighted by molar-refractivity contribution is 7.32. The van der Waals surface area contributed by atoms with Gasteiger partial charge in [0.05, 0.1) is 0 Å². The van der Waals surface area contributed by atoms with Crippen LogP contribution >= 0.6 is 7.68 Å². The van der Waals surface area contributed by atoms with Gasteiger partial charge in [-0.3, -0.25) is 0 Å². The first-order valence-corrected chi connectivity index (χ1v) is 3.27. The van der Waals surface area contributed by atoms with Crippen molar-refractivity contribution in [1.29, 1.82) is 0 Å². The van der Waals surface area contributed by atoms with Crippen LogP contribution in [-0.2, 0) is 9.13 Å². The zero-order valence-corrected chi connectivity index (χ0v) is 5.26. The zero-order chi connectivity index (χ0) is 6.78. The third-order valence-electron chi connectivity index (χ3n) is 0.767. The molecule has 0 saturated heterocycles. The molecular weight excluding hydrogens is 131 g/mol. The summed E-state index contributed by atoms with van der Waals surface area (Å²) in [6.07, 6.45) is -0.203. The van der Waals surface area contributed by atoms with Gasteiger partial charge in [-0.1, -0.05) is 6.92 Å². The predicted octanol–water partition coefficient (Wildman–Crippen LogP) is 0.208. The first-order chi connectivity index (χ1) is 3.50. The van der Waals surface area contributed by atoms with E-state index in [-0.39, 0.29) is 6.42 Å². The number of hydrogen-bond donors (Lipinski definition) is 2. The zero-order valence-electron chi connectivity index (χ0n) is 4.37. The lowest BCUT2D eigenvalue weighted by Gasteiger charge is -2.06. The number of hydrogen-bond acceptors (Lipinski definition) is 4. The van der Waals surface area contributed by atoms with E-state index in [4.69, 9.17) is 10.2 Å². The molecule has 4 nitrogen and oxygen atoms in total. The second-order valence-electron chi connectivity index (χ2n) is 1.39. The van der Waals surface area contributed by atoms with Crippen molar-refractivity contribution in [2.45, 2.75) is 18.9 Å². The number of rotatable bonds is 2. The Balaban J connectivity index is 4.13. The lowest BCUT2D eigenvalue weighted by molar-refractivity contribution is -0.0877. The van der Waals surface area contributed by atoms with E-state index in [1.165, 1.54) is 6.92 Å². The van der Waals surface area contributed by atoms with Gasteiger partial charge in [-0.2, -0.15) is 0 Å². The summed E-state index contributed by atoms with van der Waals surface area (Å²) in [6, 6.07) is 0. The quantitative estimate of drug-likeness (QED) is 0.422. The monoisotopic (exact) mass is 138 g/mol. The second kappa shape index (κ2) is 2.40. The van der Waals surface area contributed by atoms with E-state index in [1.54, 1.807) is 0 Å². The van der Waals surface area contributed by atoms with E-state index in [1.807, 2.05) is 0 Å². The molecule has 0 aromatic rings. The molecular formula is C3H7O4P. The van der Waals surface area contributed by atoms with E-state index in [2.05, 4.69) is 0 Å². The summed E-state index contributed by atoms with van der Waals surface area (Å²) in [4.78, 5) is 0. The van der Waals surface area contributed by atoms with Crippen LogP contribution in [-0.4, -0.2) is 15.7 Å². The second-order valence-corrected chi connectivity index (χ2v) is 2.62. The van der Waals surface area contributed by atoms with Crippen LogP contribution in [0.2, 0.25) is 0 Å². The lowest BCUT2D eigenvalue weighted by Crippen LogP contribution is -2.18. The fraction of sp³-hybridized carbons (Fsp3) is 1.00. The molecule has 0 saturated carbocycles. The molecule has 0 heterocycles. The predicted molar refractivity (Wildman–Crippen MR) is 25.8 cm³/mol. The Kier molecular flexibility index (Phi) is 2.34. The summed E-state index contributed by atoms with van der Waals surface area (Å²) in [5, 5.41) is 16.7. The van der Waals surface area contributed by atoms with Crippen molar-refractivity contribution in [2.24, 2.45) is 0 Å². The minimum Gasteiger partial charge on any atom is -0.354 e. The van der Waals surface area contributed by atoms with E-state index >= 15 is 0 Å². The SMILES string of the molecule is CCC(O)(O)P(=O)=O. The van der Waals surface area contributed by atoms with Crippen molar-refractivity contribution >= 4 is 7.68 Å². The molecule has 48 valence electrons. The fourth-order valence-electron chi connectivity index (χ4n) is 0.129. The summed E-state index contributed by atoms with van der Waals surface area (Å²) in [7, 11) is -3.13. The maximum Gasteiger partial charge on any atom is 0.376 e. The molecule has 0 rings (SSSR count). The third-order valence-corrected chi connectivity index (χ3v) is 1.67. The molecule has 0 atom stereocenters. The molecule has 2 N–H and O–H groups in total. The van der Waals surface area contributed by atoms with E-state index in [0.29, 0.717) is 0 Å². The minimum absolute atomic E-state index is 0.203. The molecule has 0 aliphatic rings. The van der Waals surface area contributed by atoms with Crippen LogP contribution in [0.3, 0.4) is 0 Å². The third kappa shape index (κ3) is 1.74. The van der Waals surface area contributed by atoms with Crippen molar-refractivity contribution in [3.63, 3.8) is 0 Å². The van der Waals surface area contributed by atoms with Crippen molar-refractivity contribution in [2.75, 3.05) is 0 Å². The van der Waals surface area contributed by atoms with Crippen LogP contribution in [0.4, 0.5) is 0 Å². The highest BCUT2D eigenvalue weighted by Gasteiger charge is 2.27. The number of aliphatic hydroxyl groups is 2. The normalized spacial score (nSPS) is 11.4. The molecule has 0 aliphatic heterocycles. The Morgan fingerprint density at radius 2 is 1.88 bits per heavy atom. The van der Waals surface area contributed by atoms with Gasteiger partial charge in [0.2, 0.25) is 0 Å². The summed E-state index contributed by atoms with van der Waals surface area (Å²) < 4.78 is 19.6. The van der Waals surface area contributed by atoms with Gasteiger partial charge in [0.15, 0.2) is 0 Å². The van der Waals surface area contributed by atoms with Crippen molar-refractivity contribution < 1.29 is 19.3 Å². The van der Waals surface area contributed by atoms with Crippen LogP contribution in [0.15, 0.2) is 0 Å². The van der Waals surface area contributed by atoms with Crippen LogP contribution < -0.4 is 0 Å². The molecule has 0 aliphatic carbocycles. The molecule has 0 aromatic carbocycles. The molecule has 0 unspecified atom stereocenters. The van der Waals surface area contributed by atoms with Crippen molar-refractivity contribution in [1.82, 2.24) is 0 Å². The van der Waals surface area contributed by atoms with Gasteiger partial charge in [0, 0.05) is 6.42 Å². The average Bonchev–Trinajstić information content (AvgIpc) is 1.67. The minimum atomic E-state index is -3.13. The molecule has 0 aromatic heterocycles. The van der Waals surface area contributed by atoms with Crippen LogP contribution in [0, 0.1) is 0 Å². The summed E-state index contributed by atoms with van der Waals surface area (Å²) in [5.41, 5.74) is -2.50. The van der Waals surface area contributed by atoms with Crippen LogP contribution in [0.5, 0.6) is 0 Å². The van der Waals surface area contributed by atoms with E-state index in [0.717, 1.165) is 0 Å². The summed E-state index contributed by atoms with van der Waals surface area (Å²) in [5.74, 6) is 0. The summed E-state index contributed by atoms with van der Waals surface area (Å²) >= 11 is 0.